The van der Waals surface area contributed by atoms with E-state index in [4.69, 9.17) is 9.72 Å². The summed E-state index contributed by atoms with van der Waals surface area (Å²) >= 11 is 0. The van der Waals surface area contributed by atoms with Gasteiger partial charge in [0.05, 0.1) is 22.7 Å². The van der Waals surface area contributed by atoms with Gasteiger partial charge in [0, 0.05) is 35.8 Å². The van der Waals surface area contributed by atoms with E-state index in [0.717, 1.165) is 53.4 Å². The van der Waals surface area contributed by atoms with Crippen molar-refractivity contribution in [2.24, 2.45) is 5.92 Å². The van der Waals surface area contributed by atoms with Crippen LogP contribution in [0.25, 0.3) is 22.0 Å². The summed E-state index contributed by atoms with van der Waals surface area (Å²) in [7, 11) is -3.51. The predicted octanol–water partition coefficient (Wildman–Crippen LogP) is 5.66. The van der Waals surface area contributed by atoms with Crippen LogP contribution in [0.5, 0.6) is 11.6 Å². The molecule has 0 saturated carbocycles. The van der Waals surface area contributed by atoms with Gasteiger partial charge in [0.2, 0.25) is 21.9 Å². The predicted molar refractivity (Wildman–Crippen MR) is 161 cm³/mol. The number of benzene rings is 2. The summed E-state index contributed by atoms with van der Waals surface area (Å²) in [5, 5.41) is 8.39. The van der Waals surface area contributed by atoms with Gasteiger partial charge in [0.15, 0.2) is 0 Å². The monoisotopic (exact) mass is 560 g/mol. The third-order valence-corrected chi connectivity index (χ3v) is 8.52. The number of hydrogen-bond acceptors (Lipinski definition) is 8. The molecule has 40 heavy (non-hydrogen) atoms. The standard InChI is InChI=1S/C30H36N6O3S/c1-19(2)18-40(37,38)36-27-20(3)9-12-24-23(27)11-10-21(4)28(24)39-29-25(8-6-15-32-29)26-13-16-33-30(35-26)34-22-7-5-14-31-17-22/h6,8-13,15-16,19,22,31,36H,5,7,14,17-18H2,1-4H3,(H,33,34,35)/t22-/m0/s1. The maximum atomic E-state index is 12.8. The zero-order valence-corrected chi connectivity index (χ0v) is 24.2. The number of aromatic nitrogens is 3. The Kier molecular flexibility index (Phi) is 8.18. The highest BCUT2D eigenvalue weighted by molar-refractivity contribution is 7.92. The lowest BCUT2D eigenvalue weighted by Crippen LogP contribution is -2.38. The van der Waals surface area contributed by atoms with Crippen molar-refractivity contribution in [2.75, 3.05) is 28.9 Å². The smallest absolute Gasteiger partial charge is 0.233 e. The van der Waals surface area contributed by atoms with Crippen LogP contribution in [-0.2, 0) is 10.0 Å². The molecule has 0 aliphatic carbocycles. The van der Waals surface area contributed by atoms with Crippen molar-refractivity contribution < 1.29 is 13.2 Å². The number of anilines is 2. The first-order valence-electron chi connectivity index (χ1n) is 13.7. The topological polar surface area (TPSA) is 118 Å². The summed E-state index contributed by atoms with van der Waals surface area (Å²) in [4.78, 5) is 13.7. The molecule has 0 bridgehead atoms. The first-order valence-corrected chi connectivity index (χ1v) is 15.3. The average Bonchev–Trinajstić information content (AvgIpc) is 2.92. The molecular weight excluding hydrogens is 524 g/mol. The highest BCUT2D eigenvalue weighted by atomic mass is 32.2. The summed E-state index contributed by atoms with van der Waals surface area (Å²) in [6.45, 7) is 9.55. The number of pyridine rings is 1. The van der Waals surface area contributed by atoms with E-state index >= 15 is 0 Å². The summed E-state index contributed by atoms with van der Waals surface area (Å²) in [6.07, 6.45) is 5.60. The van der Waals surface area contributed by atoms with E-state index < -0.39 is 10.0 Å². The molecule has 0 radical (unpaired) electrons. The van der Waals surface area contributed by atoms with Crippen molar-refractivity contribution >= 4 is 32.4 Å². The second kappa shape index (κ2) is 11.8. The maximum Gasteiger partial charge on any atom is 0.233 e. The van der Waals surface area contributed by atoms with Crippen molar-refractivity contribution in [1.29, 1.82) is 0 Å². The molecule has 5 rings (SSSR count). The van der Waals surface area contributed by atoms with Crippen LogP contribution in [0.2, 0.25) is 0 Å². The van der Waals surface area contributed by atoms with Gasteiger partial charge in [0.25, 0.3) is 0 Å². The Hall–Kier alpha value is -3.76. The molecular formula is C30H36N6O3S. The van der Waals surface area contributed by atoms with Gasteiger partial charge in [-0.1, -0.05) is 38.1 Å². The first-order chi connectivity index (χ1) is 19.2. The molecule has 1 aliphatic heterocycles. The number of rotatable bonds is 9. The molecule has 0 spiro atoms. The van der Waals surface area contributed by atoms with Gasteiger partial charge in [-0.3, -0.25) is 4.72 Å². The minimum Gasteiger partial charge on any atom is -0.437 e. The van der Waals surface area contributed by atoms with Gasteiger partial charge < -0.3 is 15.4 Å². The fourth-order valence-corrected chi connectivity index (χ4v) is 6.55. The number of aryl methyl sites for hydroxylation is 2. The Balaban J connectivity index is 1.50. The Morgan fingerprint density at radius 3 is 2.60 bits per heavy atom. The van der Waals surface area contributed by atoms with Gasteiger partial charge >= 0.3 is 0 Å². The molecule has 1 saturated heterocycles. The molecule has 4 aromatic rings. The van der Waals surface area contributed by atoms with Crippen LogP contribution < -0.4 is 20.1 Å². The lowest BCUT2D eigenvalue weighted by molar-refractivity contribution is 0.466. The fourth-order valence-electron chi connectivity index (χ4n) is 5.00. The summed E-state index contributed by atoms with van der Waals surface area (Å²) < 4.78 is 35.0. The number of hydrogen-bond donors (Lipinski definition) is 3. The lowest BCUT2D eigenvalue weighted by Gasteiger charge is -2.23. The molecule has 2 aromatic heterocycles. The van der Waals surface area contributed by atoms with E-state index in [9.17, 15) is 8.42 Å². The van der Waals surface area contributed by atoms with Gasteiger partial charge in [-0.2, -0.15) is 0 Å². The van der Waals surface area contributed by atoms with Gasteiger partial charge in [-0.15, -0.1) is 0 Å². The van der Waals surface area contributed by atoms with Gasteiger partial charge in [0.1, 0.15) is 5.75 Å². The van der Waals surface area contributed by atoms with Crippen LogP contribution in [0, 0.1) is 19.8 Å². The van der Waals surface area contributed by atoms with Crippen molar-refractivity contribution in [2.45, 2.75) is 46.6 Å². The third kappa shape index (κ3) is 6.34. The van der Waals surface area contributed by atoms with Crippen LogP contribution in [0.1, 0.15) is 37.8 Å². The van der Waals surface area contributed by atoms with E-state index in [1.54, 1.807) is 12.4 Å². The Morgan fingerprint density at radius 1 is 1.02 bits per heavy atom. The lowest BCUT2D eigenvalue weighted by atomic mass is 10.0. The Morgan fingerprint density at radius 2 is 1.82 bits per heavy atom. The number of nitrogens with one attached hydrogen (secondary N) is 3. The summed E-state index contributed by atoms with van der Waals surface area (Å²) in [5.41, 5.74) is 3.73. The molecule has 9 nitrogen and oxygen atoms in total. The van der Waals surface area contributed by atoms with Crippen molar-refractivity contribution in [3.63, 3.8) is 0 Å². The second-order valence-corrected chi connectivity index (χ2v) is 12.5. The van der Waals surface area contributed by atoms with Crippen molar-refractivity contribution in [3.8, 4) is 22.9 Å². The summed E-state index contributed by atoms with van der Waals surface area (Å²) in [6, 6.07) is 13.6. The molecule has 1 aliphatic rings. The number of nitrogens with zero attached hydrogens (tertiary/aromatic N) is 3. The number of ether oxygens (including phenoxy) is 1. The quantitative estimate of drug-likeness (QED) is 0.240. The van der Waals surface area contributed by atoms with Crippen LogP contribution in [0.4, 0.5) is 11.6 Å². The van der Waals surface area contributed by atoms with Crippen LogP contribution in [0.3, 0.4) is 0 Å². The van der Waals surface area contributed by atoms with Crippen LogP contribution >= 0.6 is 0 Å². The zero-order valence-electron chi connectivity index (χ0n) is 23.4. The number of piperidine rings is 1. The minimum absolute atomic E-state index is 0.00772. The van der Waals surface area contributed by atoms with E-state index in [1.807, 2.05) is 70.2 Å². The van der Waals surface area contributed by atoms with E-state index in [-0.39, 0.29) is 17.7 Å². The zero-order chi connectivity index (χ0) is 28.3. The molecule has 0 unspecified atom stereocenters. The van der Waals surface area contributed by atoms with Gasteiger partial charge in [-0.05, 0) is 68.5 Å². The molecule has 1 atom stereocenters. The summed E-state index contributed by atoms with van der Waals surface area (Å²) in [5.74, 6) is 1.64. The molecule has 2 aromatic carbocycles. The largest absolute Gasteiger partial charge is 0.437 e. The number of fused-ring (bicyclic) bond motifs is 1. The maximum absolute atomic E-state index is 12.8. The normalized spacial score (nSPS) is 15.8. The molecule has 3 heterocycles. The van der Waals surface area contributed by atoms with E-state index in [2.05, 4.69) is 25.3 Å². The third-order valence-electron chi connectivity index (χ3n) is 6.90. The number of sulfonamides is 1. The molecule has 3 N–H and O–H groups in total. The molecule has 10 heteroatoms. The highest BCUT2D eigenvalue weighted by Gasteiger charge is 2.20. The van der Waals surface area contributed by atoms with Gasteiger partial charge in [-0.25, -0.2) is 23.4 Å². The second-order valence-electron chi connectivity index (χ2n) is 10.8. The molecule has 1 fully saturated rings. The fraction of sp³-hybridized carbons (Fsp3) is 0.367. The highest BCUT2D eigenvalue weighted by Crippen LogP contribution is 2.40. The Bertz CT molecular complexity index is 1620. The van der Waals surface area contributed by atoms with E-state index in [1.165, 1.54) is 0 Å². The van der Waals surface area contributed by atoms with Crippen molar-refractivity contribution in [1.82, 2.24) is 20.3 Å². The SMILES string of the molecule is Cc1ccc2c(Oc3ncccc3-c3ccnc(N[C@H]4CCCNC4)n3)c(C)ccc2c1NS(=O)(=O)CC(C)C. The Labute approximate surface area is 235 Å². The van der Waals surface area contributed by atoms with Crippen LogP contribution in [0.15, 0.2) is 54.9 Å². The first kappa shape index (κ1) is 27.8. The van der Waals surface area contributed by atoms with Crippen molar-refractivity contribution in [3.05, 3.63) is 66.0 Å². The molecule has 210 valence electrons. The van der Waals surface area contributed by atoms with Crippen LogP contribution in [-0.4, -0.2) is 48.3 Å². The average molecular weight is 561 g/mol. The van der Waals surface area contributed by atoms with E-state index in [0.29, 0.717) is 29.0 Å². The molecule has 0 amide bonds. The minimum atomic E-state index is -3.51.